The monoisotopic (exact) mass is 174 g/mol. The Bertz CT molecular complexity index is 133. The lowest BCUT2D eigenvalue weighted by Crippen LogP contribution is -2.39. The smallest absolute Gasteiger partial charge is 0.146 e. The molecule has 1 aliphatic rings. The third-order valence-corrected chi connectivity index (χ3v) is 2.05. The molecular weight excluding hydrogens is 159 g/mol. The highest BCUT2D eigenvalue weighted by Crippen LogP contribution is 2.15. The first-order chi connectivity index (χ1) is 5.79. The Labute approximate surface area is 73.5 Å². The first kappa shape index (κ1) is 9.99. The van der Waals surface area contributed by atoms with Crippen molar-refractivity contribution in [3.63, 3.8) is 0 Å². The molecule has 70 valence electrons. The molecule has 0 saturated carbocycles. The van der Waals surface area contributed by atoms with Crippen molar-refractivity contribution in [2.45, 2.75) is 18.2 Å². The Morgan fingerprint density at radius 1 is 1.50 bits per heavy atom. The second kappa shape index (κ2) is 4.82. The van der Waals surface area contributed by atoms with E-state index in [1.807, 2.05) is 7.85 Å². The van der Waals surface area contributed by atoms with Crippen LogP contribution in [0, 0.1) is 0 Å². The average molecular weight is 174 g/mol. The van der Waals surface area contributed by atoms with E-state index in [1.165, 1.54) is 0 Å². The van der Waals surface area contributed by atoms with Crippen LogP contribution in [-0.4, -0.2) is 53.7 Å². The van der Waals surface area contributed by atoms with Crippen molar-refractivity contribution in [2.24, 2.45) is 0 Å². The molecule has 1 heterocycles. The molecule has 1 fully saturated rings. The second-order valence-corrected chi connectivity index (χ2v) is 2.85. The van der Waals surface area contributed by atoms with Crippen LogP contribution in [0.1, 0.15) is 0 Å². The maximum absolute atomic E-state index is 5.34. The SMILES string of the molecule is BC1OCOC1C(COC)OC. The van der Waals surface area contributed by atoms with Gasteiger partial charge in [-0.2, -0.15) is 0 Å². The minimum atomic E-state index is -0.0347. The maximum Gasteiger partial charge on any atom is 0.146 e. The number of rotatable bonds is 4. The second-order valence-electron chi connectivity index (χ2n) is 2.85. The largest absolute Gasteiger partial charge is 0.382 e. The van der Waals surface area contributed by atoms with Crippen LogP contribution in [0.25, 0.3) is 0 Å². The fourth-order valence-electron chi connectivity index (χ4n) is 1.33. The zero-order valence-electron chi connectivity index (χ0n) is 7.78. The third kappa shape index (κ3) is 2.20. The van der Waals surface area contributed by atoms with E-state index in [1.54, 1.807) is 14.2 Å². The Morgan fingerprint density at radius 2 is 2.25 bits per heavy atom. The van der Waals surface area contributed by atoms with Gasteiger partial charge in [-0.05, 0) is 0 Å². The normalized spacial score (nSPS) is 32.2. The summed E-state index contributed by atoms with van der Waals surface area (Å²) in [4.78, 5) is 0. The molecule has 3 atom stereocenters. The van der Waals surface area contributed by atoms with E-state index in [2.05, 4.69) is 0 Å². The number of hydrogen-bond acceptors (Lipinski definition) is 4. The lowest BCUT2D eigenvalue weighted by atomic mass is 9.91. The van der Waals surface area contributed by atoms with Gasteiger partial charge in [0.1, 0.15) is 26.8 Å². The van der Waals surface area contributed by atoms with Gasteiger partial charge in [-0.3, -0.25) is 0 Å². The van der Waals surface area contributed by atoms with E-state index >= 15 is 0 Å². The maximum atomic E-state index is 5.34. The first-order valence-corrected chi connectivity index (χ1v) is 4.04. The Kier molecular flexibility index (Phi) is 4.01. The fraction of sp³-hybridized carbons (Fsp3) is 1.00. The highest BCUT2D eigenvalue weighted by molar-refractivity contribution is 6.11. The van der Waals surface area contributed by atoms with Gasteiger partial charge in [-0.25, -0.2) is 0 Å². The van der Waals surface area contributed by atoms with Crippen molar-refractivity contribution in [3.8, 4) is 0 Å². The average Bonchev–Trinajstić information content (AvgIpc) is 2.47. The van der Waals surface area contributed by atoms with Crippen LogP contribution in [0.3, 0.4) is 0 Å². The van der Waals surface area contributed by atoms with Crippen molar-refractivity contribution < 1.29 is 18.9 Å². The predicted octanol–water partition coefficient (Wildman–Crippen LogP) is -1.02. The quantitative estimate of drug-likeness (QED) is 0.511. The van der Waals surface area contributed by atoms with Gasteiger partial charge in [0, 0.05) is 14.2 Å². The molecule has 3 unspecified atom stereocenters. The van der Waals surface area contributed by atoms with Gasteiger partial charge in [0.05, 0.1) is 12.6 Å². The molecule has 4 nitrogen and oxygen atoms in total. The summed E-state index contributed by atoms with van der Waals surface area (Å²) in [6.07, 6.45) is -0.0394. The summed E-state index contributed by atoms with van der Waals surface area (Å²) in [5, 5.41) is 0. The van der Waals surface area contributed by atoms with Gasteiger partial charge < -0.3 is 18.9 Å². The summed E-state index contributed by atoms with van der Waals surface area (Å²) in [5.74, 6) is 0. The van der Waals surface area contributed by atoms with Crippen LogP contribution in [-0.2, 0) is 18.9 Å². The molecule has 0 bridgehead atoms. The molecule has 0 aliphatic carbocycles. The zero-order valence-corrected chi connectivity index (χ0v) is 7.78. The van der Waals surface area contributed by atoms with E-state index in [4.69, 9.17) is 18.9 Å². The lowest BCUT2D eigenvalue weighted by molar-refractivity contribution is -0.0610. The molecule has 0 radical (unpaired) electrons. The summed E-state index contributed by atoms with van der Waals surface area (Å²) in [7, 11) is 5.27. The summed E-state index contributed by atoms with van der Waals surface area (Å²) in [6.45, 7) is 0.893. The van der Waals surface area contributed by atoms with Gasteiger partial charge in [0.25, 0.3) is 0 Å². The summed E-state index contributed by atoms with van der Waals surface area (Å²) in [5.41, 5.74) is 0. The van der Waals surface area contributed by atoms with Crippen LogP contribution < -0.4 is 0 Å². The molecule has 0 spiro atoms. The van der Waals surface area contributed by atoms with Crippen LogP contribution in [0.4, 0.5) is 0 Å². The molecule has 5 heteroatoms. The van der Waals surface area contributed by atoms with Crippen molar-refractivity contribution in [1.29, 1.82) is 0 Å². The van der Waals surface area contributed by atoms with E-state index < -0.39 is 0 Å². The molecule has 1 saturated heterocycles. The van der Waals surface area contributed by atoms with Gasteiger partial charge >= 0.3 is 0 Å². The fourth-order valence-corrected chi connectivity index (χ4v) is 1.33. The first-order valence-electron chi connectivity index (χ1n) is 4.04. The van der Waals surface area contributed by atoms with Crippen LogP contribution in [0.15, 0.2) is 0 Å². The predicted molar refractivity (Wildman–Crippen MR) is 45.8 cm³/mol. The highest BCUT2D eigenvalue weighted by atomic mass is 16.7. The van der Waals surface area contributed by atoms with E-state index in [9.17, 15) is 0 Å². The van der Waals surface area contributed by atoms with E-state index in [-0.39, 0.29) is 18.2 Å². The number of ether oxygens (including phenoxy) is 4. The minimum absolute atomic E-state index is 0.00468. The number of hydrogen-bond donors (Lipinski definition) is 0. The molecule has 0 amide bonds. The van der Waals surface area contributed by atoms with Crippen LogP contribution in [0.5, 0.6) is 0 Å². The summed E-state index contributed by atoms with van der Waals surface area (Å²) in [6, 6.07) is 0.0881. The summed E-state index contributed by atoms with van der Waals surface area (Å²) < 4.78 is 20.8. The van der Waals surface area contributed by atoms with Gasteiger partial charge in [-0.1, -0.05) is 0 Å². The molecule has 0 aromatic carbocycles. The van der Waals surface area contributed by atoms with Crippen LogP contribution in [0.2, 0.25) is 0 Å². The van der Waals surface area contributed by atoms with Gasteiger partial charge in [0.2, 0.25) is 0 Å². The lowest BCUT2D eigenvalue weighted by Gasteiger charge is -2.22. The number of methoxy groups -OCH3 is 2. The molecule has 0 aromatic rings. The third-order valence-electron chi connectivity index (χ3n) is 2.05. The molecular formula is C7H15BO4. The van der Waals surface area contributed by atoms with Crippen molar-refractivity contribution in [2.75, 3.05) is 27.6 Å². The standard InChI is InChI=1S/C7H15BO4/c1-9-3-5(10-2)6-7(8)12-4-11-6/h5-7H,3-4,8H2,1-2H3. The van der Waals surface area contributed by atoms with Crippen molar-refractivity contribution in [1.82, 2.24) is 0 Å². The van der Waals surface area contributed by atoms with Crippen molar-refractivity contribution >= 4 is 7.85 Å². The molecule has 1 aliphatic heterocycles. The topological polar surface area (TPSA) is 36.9 Å². The van der Waals surface area contributed by atoms with Crippen molar-refractivity contribution in [3.05, 3.63) is 0 Å². The van der Waals surface area contributed by atoms with Gasteiger partial charge in [0.15, 0.2) is 0 Å². The Balaban J connectivity index is 2.41. The minimum Gasteiger partial charge on any atom is -0.382 e. The molecule has 0 N–H and O–H groups in total. The highest BCUT2D eigenvalue weighted by Gasteiger charge is 2.32. The Morgan fingerprint density at radius 3 is 2.67 bits per heavy atom. The van der Waals surface area contributed by atoms with Gasteiger partial charge in [-0.15, -0.1) is 0 Å². The molecule has 0 aromatic heterocycles. The Hall–Kier alpha value is -0.0951. The molecule has 1 rings (SSSR count). The van der Waals surface area contributed by atoms with Crippen LogP contribution >= 0.6 is 0 Å². The summed E-state index contributed by atoms with van der Waals surface area (Å²) >= 11 is 0. The molecule has 12 heavy (non-hydrogen) atoms. The zero-order chi connectivity index (χ0) is 8.97. The van der Waals surface area contributed by atoms with E-state index in [0.29, 0.717) is 13.4 Å². The van der Waals surface area contributed by atoms with E-state index in [0.717, 1.165) is 0 Å².